The van der Waals surface area contributed by atoms with Crippen LogP contribution in [0.15, 0.2) is 29.4 Å². The number of nitrogens with zero attached hydrogens (tertiary/aromatic N) is 2. The van der Waals surface area contributed by atoms with Crippen LogP contribution in [0.2, 0.25) is 0 Å². The Morgan fingerprint density at radius 3 is 2.84 bits per heavy atom. The van der Waals surface area contributed by atoms with Crippen LogP contribution in [0.25, 0.3) is 0 Å². The number of aromatic nitrogens is 3. The normalized spacial score (nSPS) is 11.4. The van der Waals surface area contributed by atoms with Gasteiger partial charge in [0, 0.05) is 0 Å². The predicted octanol–water partition coefficient (Wildman–Crippen LogP) is -0.0929. The fourth-order valence-corrected chi connectivity index (χ4v) is 2.22. The molecule has 0 aliphatic heterocycles. The zero-order valence-corrected chi connectivity index (χ0v) is 11.0. The van der Waals surface area contributed by atoms with Gasteiger partial charge in [-0.15, -0.1) is 0 Å². The van der Waals surface area contributed by atoms with E-state index < -0.39 is 10.0 Å². The van der Waals surface area contributed by atoms with Crippen molar-refractivity contribution in [2.45, 2.75) is 11.4 Å². The van der Waals surface area contributed by atoms with Crippen LogP contribution in [-0.4, -0.2) is 30.6 Å². The first-order valence-electron chi connectivity index (χ1n) is 5.44. The van der Waals surface area contributed by atoms with Crippen LogP contribution in [-0.2, 0) is 16.6 Å². The molecule has 102 valence electrons. The van der Waals surface area contributed by atoms with Crippen molar-refractivity contribution in [1.29, 1.82) is 0 Å². The Balaban J connectivity index is 2.22. The Hall–Kier alpha value is -2.13. The number of hydrogen-bond donors (Lipinski definition) is 4. The highest BCUT2D eigenvalue weighted by molar-refractivity contribution is 7.89. The first-order chi connectivity index (χ1) is 9.03. The lowest BCUT2D eigenvalue weighted by atomic mass is 10.2. The largest absolute Gasteiger partial charge is 0.397 e. The van der Waals surface area contributed by atoms with Gasteiger partial charge in [-0.3, -0.25) is 5.10 Å². The van der Waals surface area contributed by atoms with E-state index in [-0.39, 0.29) is 4.90 Å². The molecule has 0 atom stereocenters. The van der Waals surface area contributed by atoms with E-state index in [0.29, 0.717) is 23.7 Å². The van der Waals surface area contributed by atoms with E-state index in [1.54, 1.807) is 0 Å². The maximum absolute atomic E-state index is 11.7. The van der Waals surface area contributed by atoms with Gasteiger partial charge in [0.1, 0.15) is 12.2 Å². The number of nitrogens with two attached hydrogens (primary N) is 1. The average molecular weight is 282 g/mol. The maximum Gasteiger partial charge on any atom is 0.240 e. The number of anilines is 2. The van der Waals surface area contributed by atoms with Crippen molar-refractivity contribution in [3.8, 4) is 0 Å². The van der Waals surface area contributed by atoms with Gasteiger partial charge in [-0.1, -0.05) is 0 Å². The van der Waals surface area contributed by atoms with Gasteiger partial charge < -0.3 is 11.1 Å². The number of aromatic amines is 1. The Morgan fingerprint density at radius 1 is 1.42 bits per heavy atom. The third kappa shape index (κ3) is 3.01. The van der Waals surface area contributed by atoms with E-state index in [9.17, 15) is 8.42 Å². The molecule has 1 aromatic heterocycles. The van der Waals surface area contributed by atoms with Crippen molar-refractivity contribution in [3.63, 3.8) is 0 Å². The lowest BCUT2D eigenvalue weighted by molar-refractivity contribution is 0.588. The molecule has 0 bridgehead atoms. The molecule has 1 heterocycles. The Morgan fingerprint density at radius 2 is 2.21 bits per heavy atom. The summed E-state index contributed by atoms with van der Waals surface area (Å²) in [5.74, 6) is 0.626. The molecule has 2 rings (SSSR count). The molecule has 0 amide bonds. The van der Waals surface area contributed by atoms with Gasteiger partial charge in [-0.05, 0) is 25.2 Å². The third-order valence-corrected chi connectivity index (χ3v) is 3.93. The minimum absolute atomic E-state index is 0.143. The summed E-state index contributed by atoms with van der Waals surface area (Å²) in [5.41, 5.74) is 6.76. The molecule has 0 radical (unpaired) electrons. The second-order valence-corrected chi connectivity index (χ2v) is 5.63. The number of benzene rings is 1. The molecular weight excluding hydrogens is 268 g/mol. The van der Waals surface area contributed by atoms with Crippen LogP contribution >= 0.6 is 0 Å². The second kappa shape index (κ2) is 5.24. The van der Waals surface area contributed by atoms with E-state index >= 15 is 0 Å². The quantitative estimate of drug-likeness (QED) is 0.568. The highest BCUT2D eigenvalue weighted by Crippen LogP contribution is 2.22. The monoisotopic (exact) mass is 282 g/mol. The van der Waals surface area contributed by atoms with Crippen LogP contribution < -0.4 is 15.8 Å². The van der Waals surface area contributed by atoms with Crippen molar-refractivity contribution in [2.24, 2.45) is 0 Å². The summed E-state index contributed by atoms with van der Waals surface area (Å²) in [5, 5.41) is 9.40. The summed E-state index contributed by atoms with van der Waals surface area (Å²) in [4.78, 5) is 4.09. The minimum atomic E-state index is -3.49. The van der Waals surface area contributed by atoms with Crippen molar-refractivity contribution in [1.82, 2.24) is 19.9 Å². The van der Waals surface area contributed by atoms with Gasteiger partial charge in [0.15, 0.2) is 0 Å². The molecule has 9 heteroatoms. The Labute approximate surface area is 110 Å². The summed E-state index contributed by atoms with van der Waals surface area (Å²) in [6.45, 7) is 0.368. The topological polar surface area (TPSA) is 126 Å². The molecule has 2 aromatic rings. The highest BCUT2D eigenvalue weighted by atomic mass is 32.2. The molecule has 19 heavy (non-hydrogen) atoms. The number of nitrogens with one attached hydrogen (secondary N) is 3. The molecule has 8 nitrogen and oxygen atoms in total. The summed E-state index contributed by atoms with van der Waals surface area (Å²) in [7, 11) is -2.14. The van der Waals surface area contributed by atoms with Crippen molar-refractivity contribution in [2.75, 3.05) is 18.1 Å². The molecule has 1 aromatic carbocycles. The fourth-order valence-electron chi connectivity index (χ4n) is 1.47. The number of hydrogen-bond acceptors (Lipinski definition) is 6. The zero-order chi connectivity index (χ0) is 13.9. The van der Waals surface area contributed by atoms with Gasteiger partial charge in [-0.2, -0.15) is 5.10 Å². The molecule has 0 aliphatic rings. The van der Waals surface area contributed by atoms with Gasteiger partial charge in [0.05, 0.1) is 22.8 Å². The van der Waals surface area contributed by atoms with Crippen molar-refractivity contribution in [3.05, 3.63) is 30.4 Å². The summed E-state index contributed by atoms with van der Waals surface area (Å²) in [6.07, 6.45) is 1.39. The second-order valence-electron chi connectivity index (χ2n) is 3.74. The Kier molecular flexibility index (Phi) is 3.67. The smallest absolute Gasteiger partial charge is 0.240 e. The summed E-state index contributed by atoms with van der Waals surface area (Å²) in [6, 6.07) is 4.45. The molecule has 0 saturated heterocycles. The van der Waals surface area contributed by atoms with Crippen LogP contribution in [0, 0.1) is 0 Å². The number of nitrogen functional groups attached to an aromatic ring is 1. The van der Waals surface area contributed by atoms with E-state index in [2.05, 4.69) is 25.2 Å². The summed E-state index contributed by atoms with van der Waals surface area (Å²) < 4.78 is 25.6. The highest BCUT2D eigenvalue weighted by Gasteiger charge is 2.13. The molecule has 0 aliphatic carbocycles. The zero-order valence-electron chi connectivity index (χ0n) is 10.2. The number of H-pyrrole nitrogens is 1. The van der Waals surface area contributed by atoms with Crippen LogP contribution in [0.1, 0.15) is 5.82 Å². The third-order valence-electron chi connectivity index (χ3n) is 2.51. The molecule has 0 unspecified atom stereocenters. The van der Waals surface area contributed by atoms with E-state index in [1.807, 2.05) is 0 Å². The average Bonchev–Trinajstić information content (AvgIpc) is 2.90. The van der Waals surface area contributed by atoms with Gasteiger partial charge >= 0.3 is 0 Å². The van der Waals surface area contributed by atoms with Crippen molar-refractivity contribution < 1.29 is 8.42 Å². The first-order valence-corrected chi connectivity index (χ1v) is 6.92. The van der Waals surface area contributed by atoms with Gasteiger partial charge in [0.25, 0.3) is 0 Å². The molecule has 5 N–H and O–H groups in total. The van der Waals surface area contributed by atoms with Crippen LogP contribution in [0.3, 0.4) is 0 Å². The van der Waals surface area contributed by atoms with Crippen LogP contribution in [0.4, 0.5) is 11.4 Å². The minimum Gasteiger partial charge on any atom is -0.397 e. The van der Waals surface area contributed by atoms with E-state index in [1.165, 1.54) is 31.6 Å². The Bertz CT molecular complexity index is 653. The standard InChI is InChI=1S/C10H14N6O2S/c1-12-19(17,18)7-2-3-8(11)9(4-7)13-5-10-14-6-15-16-10/h2-4,6,12-13H,5,11H2,1H3,(H,14,15,16). The SMILES string of the molecule is CNS(=O)(=O)c1ccc(N)c(NCc2ncn[nH]2)c1. The van der Waals surface area contributed by atoms with E-state index in [0.717, 1.165) is 0 Å². The van der Waals surface area contributed by atoms with E-state index in [4.69, 9.17) is 5.73 Å². The lowest BCUT2D eigenvalue weighted by Gasteiger charge is -2.10. The molecular formula is C10H14N6O2S. The van der Waals surface area contributed by atoms with Crippen LogP contribution in [0.5, 0.6) is 0 Å². The first kappa shape index (κ1) is 13.3. The lowest BCUT2D eigenvalue weighted by Crippen LogP contribution is -2.19. The molecule has 0 fully saturated rings. The number of rotatable bonds is 5. The fraction of sp³-hybridized carbons (Fsp3) is 0.200. The number of sulfonamides is 1. The maximum atomic E-state index is 11.7. The molecule has 0 saturated carbocycles. The van der Waals surface area contributed by atoms with Gasteiger partial charge in [-0.25, -0.2) is 18.1 Å². The predicted molar refractivity (Wildman–Crippen MR) is 70.8 cm³/mol. The summed E-state index contributed by atoms with van der Waals surface area (Å²) >= 11 is 0. The molecule has 0 spiro atoms. The van der Waals surface area contributed by atoms with Crippen molar-refractivity contribution >= 4 is 21.4 Å². The van der Waals surface area contributed by atoms with Gasteiger partial charge in [0.2, 0.25) is 10.0 Å².